The lowest BCUT2D eigenvalue weighted by Gasteiger charge is -2.05. The van der Waals surface area contributed by atoms with Crippen LogP contribution in [0.3, 0.4) is 0 Å². The van der Waals surface area contributed by atoms with Gasteiger partial charge in [-0.25, -0.2) is 9.97 Å². The predicted molar refractivity (Wildman–Crippen MR) is 86.7 cm³/mol. The minimum Gasteiger partial charge on any atom is -0.332 e. The molecule has 0 aliphatic rings. The number of aromatic amines is 1. The zero-order chi connectivity index (χ0) is 18.5. The molecule has 0 amide bonds. The van der Waals surface area contributed by atoms with Gasteiger partial charge in [-0.1, -0.05) is 6.92 Å². The summed E-state index contributed by atoms with van der Waals surface area (Å²) in [4.78, 5) is 24.2. The van der Waals surface area contributed by atoms with Gasteiger partial charge in [0.05, 0.1) is 11.8 Å². The molecular formula is C15H14F3N7O. The van der Waals surface area contributed by atoms with Gasteiger partial charge in [-0.3, -0.25) is 18.4 Å². The van der Waals surface area contributed by atoms with Crippen molar-refractivity contribution < 1.29 is 13.2 Å². The van der Waals surface area contributed by atoms with E-state index in [1.54, 1.807) is 16.8 Å². The molecule has 1 N–H and O–H groups in total. The molecule has 0 fully saturated rings. The molecule has 0 radical (unpaired) electrons. The minimum absolute atomic E-state index is 0.266. The van der Waals surface area contributed by atoms with E-state index in [0.717, 1.165) is 11.1 Å². The van der Waals surface area contributed by atoms with Crippen molar-refractivity contribution in [2.45, 2.75) is 32.6 Å². The van der Waals surface area contributed by atoms with E-state index in [9.17, 15) is 18.0 Å². The average Bonchev–Trinajstić information content (AvgIpc) is 3.27. The van der Waals surface area contributed by atoms with Crippen LogP contribution in [0.15, 0.2) is 29.6 Å². The second kappa shape index (κ2) is 5.71. The van der Waals surface area contributed by atoms with Crippen LogP contribution in [0.1, 0.15) is 13.3 Å². The Labute approximate surface area is 143 Å². The van der Waals surface area contributed by atoms with Crippen LogP contribution < -0.4 is 5.56 Å². The van der Waals surface area contributed by atoms with Gasteiger partial charge in [0.2, 0.25) is 5.78 Å². The van der Waals surface area contributed by atoms with Gasteiger partial charge < -0.3 is 4.98 Å². The third kappa shape index (κ3) is 2.65. The highest BCUT2D eigenvalue weighted by Crippen LogP contribution is 2.22. The third-order valence-corrected chi connectivity index (χ3v) is 3.93. The van der Waals surface area contributed by atoms with Crippen LogP contribution in [0.5, 0.6) is 0 Å². The van der Waals surface area contributed by atoms with E-state index >= 15 is 0 Å². The topological polar surface area (TPSA) is 85.8 Å². The summed E-state index contributed by atoms with van der Waals surface area (Å²) >= 11 is 0. The number of H-pyrrole nitrogens is 1. The van der Waals surface area contributed by atoms with Crippen molar-refractivity contribution in [3.05, 3.63) is 35.1 Å². The number of imidazole rings is 2. The highest BCUT2D eigenvalue weighted by Gasteiger charge is 2.28. The summed E-state index contributed by atoms with van der Waals surface area (Å²) in [5.74, 6) is 0.741. The van der Waals surface area contributed by atoms with Crippen LogP contribution in [0.4, 0.5) is 13.2 Å². The van der Waals surface area contributed by atoms with Crippen LogP contribution >= 0.6 is 0 Å². The van der Waals surface area contributed by atoms with Gasteiger partial charge in [-0.2, -0.15) is 18.3 Å². The molecule has 8 nitrogen and oxygen atoms in total. The number of fused-ring (bicyclic) bond motifs is 3. The summed E-state index contributed by atoms with van der Waals surface area (Å²) in [6.45, 7) is 1.25. The predicted octanol–water partition coefficient (Wildman–Crippen LogP) is 2.21. The van der Waals surface area contributed by atoms with E-state index in [4.69, 9.17) is 0 Å². The van der Waals surface area contributed by atoms with Crippen molar-refractivity contribution >= 4 is 16.9 Å². The molecule has 0 atom stereocenters. The molecule has 4 heterocycles. The molecule has 136 valence electrons. The maximum Gasteiger partial charge on any atom is 0.408 e. The highest BCUT2D eigenvalue weighted by molar-refractivity contribution is 5.77. The molecule has 4 rings (SSSR count). The normalized spacial score (nSPS) is 12.5. The number of nitrogens with one attached hydrogen (secondary N) is 1. The summed E-state index contributed by atoms with van der Waals surface area (Å²) < 4.78 is 41.5. The molecule has 0 aliphatic heterocycles. The van der Waals surface area contributed by atoms with E-state index in [2.05, 4.69) is 20.1 Å². The van der Waals surface area contributed by atoms with Crippen molar-refractivity contribution in [2.75, 3.05) is 0 Å². The molecular weight excluding hydrogens is 351 g/mol. The number of rotatable bonds is 4. The van der Waals surface area contributed by atoms with Crippen molar-refractivity contribution in [2.24, 2.45) is 0 Å². The Bertz CT molecular complexity index is 1150. The summed E-state index contributed by atoms with van der Waals surface area (Å²) in [6.07, 6.45) is 2.14. The lowest BCUT2D eigenvalue weighted by Crippen LogP contribution is -2.23. The van der Waals surface area contributed by atoms with E-state index < -0.39 is 12.7 Å². The lowest BCUT2D eigenvalue weighted by molar-refractivity contribution is -0.142. The Morgan fingerprint density at radius 2 is 2.12 bits per heavy atom. The van der Waals surface area contributed by atoms with Crippen molar-refractivity contribution in [3.63, 3.8) is 0 Å². The van der Waals surface area contributed by atoms with Gasteiger partial charge >= 0.3 is 6.18 Å². The zero-order valence-corrected chi connectivity index (χ0v) is 13.7. The fraction of sp³-hybridized carbons (Fsp3) is 0.333. The number of nitrogens with zero attached hydrogens (tertiary/aromatic N) is 6. The largest absolute Gasteiger partial charge is 0.408 e. The molecule has 0 spiro atoms. The van der Waals surface area contributed by atoms with Crippen LogP contribution in [-0.2, 0) is 13.1 Å². The molecule has 0 unspecified atom stereocenters. The summed E-state index contributed by atoms with van der Waals surface area (Å²) in [7, 11) is 0. The summed E-state index contributed by atoms with van der Waals surface area (Å²) in [5, 5.41) is 3.70. The maximum absolute atomic E-state index is 12.7. The van der Waals surface area contributed by atoms with Crippen LogP contribution in [-0.4, -0.2) is 39.9 Å². The number of hydrogen-bond acceptors (Lipinski definition) is 4. The van der Waals surface area contributed by atoms with Gasteiger partial charge in [-0.15, -0.1) is 0 Å². The van der Waals surface area contributed by atoms with Crippen molar-refractivity contribution in [1.82, 2.24) is 33.7 Å². The van der Waals surface area contributed by atoms with Gasteiger partial charge in [0.25, 0.3) is 5.56 Å². The second-order valence-electron chi connectivity index (χ2n) is 5.88. The quantitative estimate of drug-likeness (QED) is 0.601. The number of aromatic nitrogens is 7. The Morgan fingerprint density at radius 3 is 2.85 bits per heavy atom. The van der Waals surface area contributed by atoms with Gasteiger partial charge in [0.1, 0.15) is 12.4 Å². The SMILES string of the molecule is CCCn1c(=O)c2[nH]c(-c3cnn(CC(F)(F)F)c3)nc2n2ccnc12. The highest BCUT2D eigenvalue weighted by atomic mass is 19.4. The first-order chi connectivity index (χ1) is 12.4. The first-order valence-electron chi connectivity index (χ1n) is 7.92. The molecule has 26 heavy (non-hydrogen) atoms. The minimum atomic E-state index is -4.37. The molecule has 0 saturated carbocycles. The second-order valence-corrected chi connectivity index (χ2v) is 5.88. The fourth-order valence-electron chi connectivity index (χ4n) is 2.89. The first kappa shape index (κ1) is 16.4. The Balaban J connectivity index is 1.86. The van der Waals surface area contributed by atoms with Crippen molar-refractivity contribution in [1.29, 1.82) is 0 Å². The molecule has 4 aromatic heterocycles. The van der Waals surface area contributed by atoms with Gasteiger partial charge in [-0.05, 0) is 6.42 Å². The van der Waals surface area contributed by atoms with Crippen LogP contribution in [0, 0.1) is 0 Å². The molecule has 0 saturated heterocycles. The van der Waals surface area contributed by atoms with Crippen molar-refractivity contribution in [3.8, 4) is 11.4 Å². The van der Waals surface area contributed by atoms with Crippen LogP contribution in [0.25, 0.3) is 28.3 Å². The number of alkyl halides is 3. The molecule has 0 aliphatic carbocycles. The van der Waals surface area contributed by atoms with Gasteiger partial charge in [0, 0.05) is 25.1 Å². The Hall–Kier alpha value is -3.11. The van der Waals surface area contributed by atoms with Crippen LogP contribution in [0.2, 0.25) is 0 Å². The smallest absolute Gasteiger partial charge is 0.332 e. The molecule has 11 heteroatoms. The maximum atomic E-state index is 12.7. The summed E-state index contributed by atoms with van der Waals surface area (Å²) in [6, 6.07) is 0. The number of hydrogen-bond donors (Lipinski definition) is 1. The van der Waals surface area contributed by atoms with E-state index in [0.29, 0.717) is 23.5 Å². The zero-order valence-electron chi connectivity index (χ0n) is 13.7. The van der Waals surface area contributed by atoms with E-state index in [1.807, 2.05) is 6.92 Å². The fourth-order valence-corrected chi connectivity index (χ4v) is 2.89. The number of halogens is 3. The molecule has 4 aromatic rings. The average molecular weight is 365 g/mol. The van der Waals surface area contributed by atoms with Gasteiger partial charge in [0.15, 0.2) is 11.2 Å². The molecule has 0 aromatic carbocycles. The first-order valence-corrected chi connectivity index (χ1v) is 7.92. The monoisotopic (exact) mass is 365 g/mol. The van der Waals surface area contributed by atoms with E-state index in [1.165, 1.54) is 17.0 Å². The Morgan fingerprint density at radius 1 is 1.31 bits per heavy atom. The third-order valence-electron chi connectivity index (χ3n) is 3.93. The molecule has 0 bridgehead atoms. The Kier molecular flexibility index (Phi) is 3.60. The number of aryl methyl sites for hydroxylation is 1. The summed E-state index contributed by atoms with van der Waals surface area (Å²) in [5.41, 5.74) is 0.720. The lowest BCUT2D eigenvalue weighted by atomic mass is 10.3. The standard InChI is InChI=1S/C15H14F3N7O/c1-2-4-25-13(26)10-12(24-5-3-19-14(24)25)22-11(21-10)9-6-20-23(7-9)8-15(16,17)18/h3,5-7H,2,4,8H2,1H3,(H,21,22). The van der Waals surface area contributed by atoms with E-state index in [-0.39, 0.29) is 16.9 Å².